The maximum atomic E-state index is 11.8. The Morgan fingerprint density at radius 2 is 1.90 bits per heavy atom. The first kappa shape index (κ1) is 14.2. The number of halogens is 2. The van der Waals surface area contributed by atoms with Crippen LogP contribution in [0.15, 0.2) is 28.7 Å². The van der Waals surface area contributed by atoms with Crippen LogP contribution in [-0.2, 0) is 0 Å². The molecule has 0 saturated carbocycles. The Hall–Kier alpha value is -2.25. The van der Waals surface area contributed by atoms with Crippen LogP contribution in [-0.4, -0.2) is 15.9 Å². The van der Waals surface area contributed by atoms with E-state index < -0.39 is 16.7 Å². The molecule has 7 nitrogen and oxygen atoms in total. The van der Waals surface area contributed by atoms with E-state index in [0.29, 0.717) is 0 Å². The molecule has 9 heteroatoms. The summed E-state index contributed by atoms with van der Waals surface area (Å²) in [5.41, 5.74) is 0.210. The Balaban J connectivity index is 2.21. The summed E-state index contributed by atoms with van der Waals surface area (Å²) in [5, 5.41) is 22.1. The Labute approximate surface area is 121 Å². The van der Waals surface area contributed by atoms with Gasteiger partial charge in [0, 0.05) is 5.69 Å². The summed E-state index contributed by atoms with van der Waals surface area (Å²) in [6, 6.07) is 4.78. The SMILES string of the molecule is O=C(Nc1cc(Cl)c(O)c(Cl)c1)c1ccc([N+](=O)[O-])o1. The van der Waals surface area contributed by atoms with Crippen LogP contribution in [0.4, 0.5) is 11.6 Å². The van der Waals surface area contributed by atoms with Crippen molar-refractivity contribution < 1.29 is 19.2 Å². The van der Waals surface area contributed by atoms with Gasteiger partial charge in [-0.2, -0.15) is 0 Å². The molecule has 2 N–H and O–H groups in total. The number of benzene rings is 1. The number of hydrogen-bond acceptors (Lipinski definition) is 5. The zero-order valence-electron chi connectivity index (χ0n) is 9.59. The first-order valence-corrected chi connectivity index (χ1v) is 5.87. The van der Waals surface area contributed by atoms with Gasteiger partial charge < -0.3 is 14.8 Å². The second kappa shape index (κ2) is 5.40. The van der Waals surface area contributed by atoms with Crippen LogP contribution >= 0.6 is 23.2 Å². The number of hydrogen-bond donors (Lipinski definition) is 2. The number of phenolic OH excluding ortho intramolecular Hbond substituents is 1. The van der Waals surface area contributed by atoms with Gasteiger partial charge in [-0.25, -0.2) is 0 Å². The number of aromatic hydroxyl groups is 1. The predicted molar refractivity (Wildman–Crippen MR) is 71.4 cm³/mol. The molecule has 20 heavy (non-hydrogen) atoms. The number of rotatable bonds is 3. The fourth-order valence-corrected chi connectivity index (χ4v) is 1.87. The zero-order chi connectivity index (χ0) is 14.9. The summed E-state index contributed by atoms with van der Waals surface area (Å²) in [4.78, 5) is 21.5. The van der Waals surface area contributed by atoms with Gasteiger partial charge in [-0.05, 0) is 18.2 Å². The molecular weight excluding hydrogens is 311 g/mol. The van der Waals surface area contributed by atoms with Crippen molar-refractivity contribution in [1.29, 1.82) is 0 Å². The number of nitrogens with zero attached hydrogens (tertiary/aromatic N) is 1. The standard InChI is InChI=1S/C11H6Cl2N2O5/c12-6-3-5(4-7(13)10(6)16)14-11(17)8-1-2-9(20-8)15(18)19/h1-4,16H,(H,14,17). The van der Waals surface area contributed by atoms with Gasteiger partial charge in [-0.15, -0.1) is 0 Å². The number of furan rings is 1. The molecule has 0 radical (unpaired) electrons. The lowest BCUT2D eigenvalue weighted by molar-refractivity contribution is -0.402. The van der Waals surface area contributed by atoms with Crippen molar-refractivity contribution in [3.8, 4) is 5.75 Å². The highest BCUT2D eigenvalue weighted by atomic mass is 35.5. The second-order valence-corrected chi connectivity index (χ2v) is 4.45. The lowest BCUT2D eigenvalue weighted by Crippen LogP contribution is -2.10. The molecule has 2 rings (SSSR count). The number of nitro groups is 1. The number of amides is 1. The monoisotopic (exact) mass is 316 g/mol. The van der Waals surface area contributed by atoms with E-state index in [4.69, 9.17) is 27.6 Å². The number of anilines is 1. The molecule has 2 aromatic rings. The average Bonchev–Trinajstić information content (AvgIpc) is 2.85. The van der Waals surface area contributed by atoms with Gasteiger partial charge in [0.15, 0.2) is 11.5 Å². The van der Waals surface area contributed by atoms with E-state index in [1.165, 1.54) is 12.1 Å². The minimum atomic E-state index is -0.759. The molecule has 1 aromatic heterocycles. The minimum absolute atomic E-state index is 0.0433. The molecule has 1 heterocycles. The number of carbonyl (C=O) groups is 1. The molecular formula is C11H6Cl2N2O5. The van der Waals surface area contributed by atoms with Gasteiger partial charge in [0.05, 0.1) is 16.1 Å². The van der Waals surface area contributed by atoms with Gasteiger partial charge in [0.2, 0.25) is 0 Å². The molecule has 0 fully saturated rings. The molecule has 0 atom stereocenters. The van der Waals surface area contributed by atoms with E-state index in [1.807, 2.05) is 0 Å². The Morgan fingerprint density at radius 3 is 2.40 bits per heavy atom. The lowest BCUT2D eigenvalue weighted by atomic mass is 10.3. The largest absolute Gasteiger partial charge is 0.505 e. The van der Waals surface area contributed by atoms with Crippen molar-refractivity contribution in [3.63, 3.8) is 0 Å². The highest BCUT2D eigenvalue weighted by Gasteiger charge is 2.18. The van der Waals surface area contributed by atoms with E-state index >= 15 is 0 Å². The van der Waals surface area contributed by atoms with E-state index in [0.717, 1.165) is 12.1 Å². The van der Waals surface area contributed by atoms with Crippen molar-refractivity contribution >= 4 is 40.7 Å². The number of phenols is 1. The molecule has 1 amide bonds. The van der Waals surface area contributed by atoms with Crippen LogP contribution in [0.1, 0.15) is 10.6 Å². The molecule has 0 bridgehead atoms. The van der Waals surface area contributed by atoms with Crippen molar-refractivity contribution in [3.05, 3.63) is 50.2 Å². The molecule has 104 valence electrons. The third-order valence-corrected chi connectivity index (χ3v) is 2.85. The van der Waals surface area contributed by atoms with Crippen molar-refractivity contribution in [2.45, 2.75) is 0 Å². The van der Waals surface area contributed by atoms with Gasteiger partial charge in [0.1, 0.15) is 4.92 Å². The highest BCUT2D eigenvalue weighted by molar-refractivity contribution is 6.37. The smallest absolute Gasteiger partial charge is 0.433 e. The lowest BCUT2D eigenvalue weighted by Gasteiger charge is -2.06. The van der Waals surface area contributed by atoms with Crippen molar-refractivity contribution in [2.75, 3.05) is 5.32 Å². The van der Waals surface area contributed by atoms with Gasteiger partial charge in [0.25, 0.3) is 5.91 Å². The third kappa shape index (κ3) is 2.84. The molecule has 0 aliphatic carbocycles. The summed E-state index contributed by atoms with van der Waals surface area (Å²) < 4.78 is 4.74. The second-order valence-electron chi connectivity index (χ2n) is 3.64. The Kier molecular flexibility index (Phi) is 3.82. The van der Waals surface area contributed by atoms with Gasteiger partial charge in [-0.3, -0.25) is 14.9 Å². The third-order valence-electron chi connectivity index (χ3n) is 2.27. The van der Waals surface area contributed by atoms with Crippen LogP contribution in [0.2, 0.25) is 10.0 Å². The van der Waals surface area contributed by atoms with E-state index in [9.17, 15) is 20.0 Å². The van der Waals surface area contributed by atoms with Gasteiger partial charge >= 0.3 is 5.88 Å². The maximum Gasteiger partial charge on any atom is 0.433 e. The van der Waals surface area contributed by atoms with E-state index in [2.05, 4.69) is 5.32 Å². The number of nitrogens with one attached hydrogen (secondary N) is 1. The van der Waals surface area contributed by atoms with Crippen molar-refractivity contribution in [2.24, 2.45) is 0 Å². The van der Waals surface area contributed by atoms with Crippen molar-refractivity contribution in [1.82, 2.24) is 0 Å². The topological polar surface area (TPSA) is 106 Å². The van der Waals surface area contributed by atoms with E-state index in [1.54, 1.807) is 0 Å². The summed E-state index contributed by atoms with van der Waals surface area (Å²) in [6.45, 7) is 0. The summed E-state index contributed by atoms with van der Waals surface area (Å²) in [5.74, 6) is -1.80. The summed E-state index contributed by atoms with van der Waals surface area (Å²) in [7, 11) is 0. The normalized spacial score (nSPS) is 10.3. The molecule has 0 unspecified atom stereocenters. The predicted octanol–water partition coefficient (Wildman–Crippen LogP) is 3.45. The molecule has 0 spiro atoms. The number of carbonyl (C=O) groups excluding carboxylic acids is 1. The van der Waals surface area contributed by atoms with Gasteiger partial charge in [-0.1, -0.05) is 23.2 Å². The zero-order valence-corrected chi connectivity index (χ0v) is 11.1. The molecule has 0 saturated heterocycles. The molecule has 0 aliphatic rings. The average molecular weight is 317 g/mol. The summed E-state index contributed by atoms with van der Waals surface area (Å²) >= 11 is 11.4. The van der Waals surface area contributed by atoms with Crippen LogP contribution in [0.5, 0.6) is 5.75 Å². The quantitative estimate of drug-likeness (QED) is 0.512. The Bertz CT molecular complexity index is 675. The fraction of sp³-hybridized carbons (Fsp3) is 0. The molecule has 0 aliphatic heterocycles. The summed E-state index contributed by atoms with van der Waals surface area (Å²) in [6.07, 6.45) is 0. The van der Waals surface area contributed by atoms with Crippen LogP contribution < -0.4 is 5.32 Å². The fourth-order valence-electron chi connectivity index (χ4n) is 1.38. The van der Waals surface area contributed by atoms with Crippen LogP contribution in [0.3, 0.4) is 0 Å². The van der Waals surface area contributed by atoms with Crippen LogP contribution in [0.25, 0.3) is 0 Å². The maximum absolute atomic E-state index is 11.8. The highest BCUT2D eigenvalue weighted by Crippen LogP contribution is 2.34. The van der Waals surface area contributed by atoms with Crippen LogP contribution in [0, 0.1) is 10.1 Å². The minimum Gasteiger partial charge on any atom is -0.505 e. The Morgan fingerprint density at radius 1 is 1.30 bits per heavy atom. The van der Waals surface area contributed by atoms with E-state index in [-0.39, 0.29) is 27.2 Å². The molecule has 1 aromatic carbocycles. The first-order valence-electron chi connectivity index (χ1n) is 5.12. The first-order chi connectivity index (χ1) is 9.38.